The SMILES string of the molecule is CC(C)c1ccc(C(=O)N(Cc2ccc(Cl)cc2)[C@@H](C)Cc2cccs2)cc1. The van der Waals surface area contributed by atoms with Crippen molar-refractivity contribution in [1.82, 2.24) is 4.90 Å². The summed E-state index contributed by atoms with van der Waals surface area (Å²) >= 11 is 7.76. The summed E-state index contributed by atoms with van der Waals surface area (Å²) in [6, 6.07) is 20.0. The third kappa shape index (κ3) is 5.24. The largest absolute Gasteiger partial charge is 0.331 e. The molecule has 146 valence electrons. The zero-order valence-electron chi connectivity index (χ0n) is 16.6. The van der Waals surface area contributed by atoms with Gasteiger partial charge in [-0.25, -0.2) is 0 Å². The van der Waals surface area contributed by atoms with Crippen LogP contribution in [0.1, 0.15) is 53.1 Å². The minimum Gasteiger partial charge on any atom is -0.331 e. The second-order valence-electron chi connectivity index (χ2n) is 7.47. The van der Waals surface area contributed by atoms with Gasteiger partial charge in [0.15, 0.2) is 0 Å². The Hall–Kier alpha value is -2.10. The Bertz CT molecular complexity index is 885. The zero-order valence-corrected chi connectivity index (χ0v) is 18.1. The average Bonchev–Trinajstić information content (AvgIpc) is 3.20. The molecule has 1 heterocycles. The number of halogens is 1. The number of hydrogen-bond acceptors (Lipinski definition) is 2. The Labute approximate surface area is 176 Å². The van der Waals surface area contributed by atoms with Crippen molar-refractivity contribution in [1.29, 1.82) is 0 Å². The lowest BCUT2D eigenvalue weighted by Gasteiger charge is -2.29. The molecule has 0 unspecified atom stereocenters. The van der Waals surface area contributed by atoms with Crippen LogP contribution in [0.2, 0.25) is 5.02 Å². The van der Waals surface area contributed by atoms with Crippen LogP contribution in [-0.2, 0) is 13.0 Å². The number of benzene rings is 2. The Balaban J connectivity index is 1.85. The monoisotopic (exact) mass is 411 g/mol. The van der Waals surface area contributed by atoms with Crippen LogP contribution in [0.15, 0.2) is 66.0 Å². The summed E-state index contributed by atoms with van der Waals surface area (Å²) in [5.41, 5.74) is 3.05. The molecule has 3 aromatic rings. The molecule has 0 N–H and O–H groups in total. The van der Waals surface area contributed by atoms with Gasteiger partial charge in [0.05, 0.1) is 0 Å². The van der Waals surface area contributed by atoms with E-state index in [1.54, 1.807) is 11.3 Å². The third-order valence-electron chi connectivity index (χ3n) is 4.96. The average molecular weight is 412 g/mol. The molecule has 0 aliphatic rings. The maximum atomic E-state index is 13.4. The fourth-order valence-corrected chi connectivity index (χ4v) is 4.17. The molecule has 4 heteroatoms. The lowest BCUT2D eigenvalue weighted by atomic mass is 10.0. The molecule has 0 spiro atoms. The molecule has 28 heavy (non-hydrogen) atoms. The highest BCUT2D eigenvalue weighted by Crippen LogP contribution is 2.21. The molecule has 0 saturated carbocycles. The van der Waals surface area contributed by atoms with Gasteiger partial charge in [-0.3, -0.25) is 4.79 Å². The summed E-state index contributed by atoms with van der Waals surface area (Å²) in [7, 11) is 0. The highest BCUT2D eigenvalue weighted by molar-refractivity contribution is 7.09. The van der Waals surface area contributed by atoms with E-state index in [0.717, 1.165) is 17.5 Å². The van der Waals surface area contributed by atoms with Crippen LogP contribution in [0, 0.1) is 0 Å². The number of thiophene rings is 1. The molecule has 0 fully saturated rings. The van der Waals surface area contributed by atoms with E-state index < -0.39 is 0 Å². The van der Waals surface area contributed by atoms with Gasteiger partial charge < -0.3 is 4.90 Å². The van der Waals surface area contributed by atoms with Crippen molar-refractivity contribution in [3.8, 4) is 0 Å². The van der Waals surface area contributed by atoms with Crippen molar-refractivity contribution in [2.24, 2.45) is 0 Å². The summed E-state index contributed by atoms with van der Waals surface area (Å²) < 4.78 is 0. The molecule has 0 aliphatic heterocycles. The highest BCUT2D eigenvalue weighted by Gasteiger charge is 2.22. The van der Waals surface area contributed by atoms with Gasteiger partial charge >= 0.3 is 0 Å². The molecule has 1 amide bonds. The van der Waals surface area contributed by atoms with Gasteiger partial charge in [-0.15, -0.1) is 11.3 Å². The van der Waals surface area contributed by atoms with Gasteiger partial charge in [0.25, 0.3) is 5.91 Å². The van der Waals surface area contributed by atoms with E-state index in [2.05, 4.69) is 50.4 Å². The fourth-order valence-electron chi connectivity index (χ4n) is 3.22. The van der Waals surface area contributed by atoms with Gasteiger partial charge in [-0.05, 0) is 59.7 Å². The number of carbonyl (C=O) groups excluding carboxylic acids is 1. The minimum absolute atomic E-state index is 0.0642. The maximum Gasteiger partial charge on any atom is 0.254 e. The van der Waals surface area contributed by atoms with Gasteiger partial charge in [0.1, 0.15) is 0 Å². The highest BCUT2D eigenvalue weighted by atomic mass is 35.5. The normalized spacial score (nSPS) is 12.2. The standard InChI is InChI=1S/C24H26ClNOS/c1-17(2)20-8-10-21(11-9-20)24(27)26(16-19-6-12-22(25)13-7-19)18(3)15-23-5-4-14-28-23/h4-14,17-18H,15-16H2,1-3H3/t18-/m0/s1. The number of carbonyl (C=O) groups is 1. The van der Waals surface area contributed by atoms with Crippen LogP contribution in [0.5, 0.6) is 0 Å². The van der Waals surface area contributed by atoms with E-state index >= 15 is 0 Å². The summed E-state index contributed by atoms with van der Waals surface area (Å²) in [6.45, 7) is 7.00. The Morgan fingerprint density at radius 1 is 1.00 bits per heavy atom. The quantitative estimate of drug-likeness (QED) is 0.418. The number of rotatable bonds is 7. The zero-order chi connectivity index (χ0) is 20.1. The first-order valence-corrected chi connectivity index (χ1v) is 10.9. The summed E-state index contributed by atoms with van der Waals surface area (Å²) in [6.07, 6.45) is 0.848. The van der Waals surface area contributed by atoms with Gasteiger partial charge in [-0.1, -0.05) is 55.8 Å². The molecule has 0 bridgehead atoms. The number of hydrogen-bond donors (Lipinski definition) is 0. The van der Waals surface area contributed by atoms with E-state index in [0.29, 0.717) is 17.5 Å². The van der Waals surface area contributed by atoms with Crippen LogP contribution in [0.4, 0.5) is 0 Å². The van der Waals surface area contributed by atoms with Crippen LogP contribution in [0.25, 0.3) is 0 Å². The Morgan fingerprint density at radius 3 is 2.25 bits per heavy atom. The first kappa shape index (κ1) is 20.6. The van der Waals surface area contributed by atoms with E-state index in [9.17, 15) is 4.79 Å². The van der Waals surface area contributed by atoms with Crippen LogP contribution in [0.3, 0.4) is 0 Å². The second kappa shape index (κ2) is 9.40. The smallest absolute Gasteiger partial charge is 0.254 e. The van der Waals surface area contributed by atoms with Crippen LogP contribution < -0.4 is 0 Å². The van der Waals surface area contributed by atoms with Gasteiger partial charge in [0.2, 0.25) is 0 Å². The van der Waals surface area contributed by atoms with Crippen molar-refractivity contribution in [3.05, 3.63) is 92.6 Å². The Kier molecular flexibility index (Phi) is 6.93. The van der Waals surface area contributed by atoms with E-state index in [-0.39, 0.29) is 11.9 Å². The molecule has 2 aromatic carbocycles. The molecule has 0 radical (unpaired) electrons. The lowest BCUT2D eigenvalue weighted by Crippen LogP contribution is -2.39. The summed E-state index contributed by atoms with van der Waals surface area (Å²) in [5, 5.41) is 2.79. The van der Waals surface area contributed by atoms with Crippen molar-refractivity contribution < 1.29 is 4.79 Å². The van der Waals surface area contributed by atoms with Crippen LogP contribution in [-0.4, -0.2) is 16.8 Å². The first-order valence-electron chi connectivity index (χ1n) is 9.62. The molecular weight excluding hydrogens is 386 g/mol. The third-order valence-corrected chi connectivity index (χ3v) is 6.11. The van der Waals surface area contributed by atoms with Gasteiger partial charge in [-0.2, -0.15) is 0 Å². The second-order valence-corrected chi connectivity index (χ2v) is 8.94. The number of amides is 1. The topological polar surface area (TPSA) is 20.3 Å². The van der Waals surface area contributed by atoms with Gasteiger partial charge in [0, 0.05) is 34.5 Å². The van der Waals surface area contributed by atoms with E-state index in [1.807, 2.05) is 41.3 Å². The van der Waals surface area contributed by atoms with Crippen molar-refractivity contribution >= 4 is 28.8 Å². The fraction of sp³-hybridized carbons (Fsp3) is 0.292. The number of nitrogens with zero attached hydrogens (tertiary/aromatic N) is 1. The Morgan fingerprint density at radius 2 is 1.68 bits per heavy atom. The predicted octanol–water partition coefficient (Wildman–Crippen LogP) is 6.80. The molecule has 3 rings (SSSR count). The molecule has 2 nitrogen and oxygen atoms in total. The van der Waals surface area contributed by atoms with Crippen LogP contribution >= 0.6 is 22.9 Å². The first-order chi connectivity index (χ1) is 13.4. The van der Waals surface area contributed by atoms with Crippen molar-refractivity contribution in [3.63, 3.8) is 0 Å². The maximum absolute atomic E-state index is 13.4. The summed E-state index contributed by atoms with van der Waals surface area (Å²) in [5.74, 6) is 0.515. The summed E-state index contributed by atoms with van der Waals surface area (Å²) in [4.78, 5) is 16.6. The van der Waals surface area contributed by atoms with E-state index in [4.69, 9.17) is 11.6 Å². The molecule has 0 saturated heterocycles. The lowest BCUT2D eigenvalue weighted by molar-refractivity contribution is 0.0676. The predicted molar refractivity (Wildman–Crippen MR) is 119 cm³/mol. The van der Waals surface area contributed by atoms with E-state index in [1.165, 1.54) is 10.4 Å². The molecule has 0 aliphatic carbocycles. The van der Waals surface area contributed by atoms with Crippen molar-refractivity contribution in [2.75, 3.05) is 0 Å². The minimum atomic E-state index is 0.0642. The molecule has 1 atom stereocenters. The molecule has 1 aromatic heterocycles. The molecular formula is C24H26ClNOS. The van der Waals surface area contributed by atoms with Crippen molar-refractivity contribution in [2.45, 2.75) is 45.7 Å².